The lowest BCUT2D eigenvalue weighted by atomic mass is 10.1. The van der Waals surface area contributed by atoms with Crippen LogP contribution in [0.3, 0.4) is 0 Å². The Morgan fingerprint density at radius 1 is 1.10 bits per heavy atom. The molecule has 0 unspecified atom stereocenters. The number of hydrogen-bond acceptors (Lipinski definition) is 2. The molecule has 0 saturated carbocycles. The zero-order chi connectivity index (χ0) is 15.6. The minimum atomic E-state index is -4.42. The van der Waals surface area contributed by atoms with Crippen LogP contribution < -0.4 is 4.72 Å². The lowest BCUT2D eigenvalue weighted by Crippen LogP contribution is -2.39. The molecule has 8 heteroatoms. The lowest BCUT2D eigenvalue weighted by Gasteiger charge is -2.17. The molecule has 4 nitrogen and oxygen atoms in total. The van der Waals surface area contributed by atoms with E-state index in [-0.39, 0.29) is 5.56 Å². The quantitative estimate of drug-likeness (QED) is 0.873. The molecule has 1 N–H and O–H groups in total. The molecule has 112 valence electrons. The van der Waals surface area contributed by atoms with Gasteiger partial charge in [0, 0.05) is 11.8 Å². The Bertz CT molecular complexity index is 585. The Labute approximate surface area is 115 Å². The molecule has 0 saturated heterocycles. The van der Waals surface area contributed by atoms with Gasteiger partial charge in [0.25, 0.3) is 0 Å². The fourth-order valence-electron chi connectivity index (χ4n) is 1.30. The highest BCUT2D eigenvalue weighted by atomic mass is 32.2. The van der Waals surface area contributed by atoms with Gasteiger partial charge in [-0.15, -0.1) is 0 Å². The topological polar surface area (TPSA) is 58.5 Å². The van der Waals surface area contributed by atoms with Crippen LogP contribution in [0.15, 0.2) is 28.7 Å². The molecule has 0 aliphatic rings. The van der Waals surface area contributed by atoms with Crippen molar-refractivity contribution in [3.05, 3.63) is 35.4 Å². The van der Waals surface area contributed by atoms with E-state index in [1.165, 1.54) is 0 Å². The van der Waals surface area contributed by atoms with E-state index in [0.29, 0.717) is 0 Å². The van der Waals surface area contributed by atoms with Crippen molar-refractivity contribution in [2.24, 2.45) is 4.40 Å². The van der Waals surface area contributed by atoms with Crippen molar-refractivity contribution in [3.63, 3.8) is 0 Å². The summed E-state index contributed by atoms with van der Waals surface area (Å²) in [6, 6.07) is 4.04. The maximum atomic E-state index is 12.3. The van der Waals surface area contributed by atoms with Crippen molar-refractivity contribution in [3.8, 4) is 0 Å². The van der Waals surface area contributed by atoms with Crippen molar-refractivity contribution in [1.82, 2.24) is 4.72 Å². The summed E-state index contributed by atoms with van der Waals surface area (Å²) in [5.74, 6) is 0. The number of nitrogens with one attached hydrogen (secondary N) is 1. The van der Waals surface area contributed by atoms with Gasteiger partial charge in [-0.05, 0) is 38.5 Å². The van der Waals surface area contributed by atoms with Crippen LogP contribution in [0.2, 0.25) is 0 Å². The van der Waals surface area contributed by atoms with Crippen LogP contribution in [0, 0.1) is 0 Å². The highest BCUT2D eigenvalue weighted by molar-refractivity contribution is 7.88. The largest absolute Gasteiger partial charge is 0.416 e. The van der Waals surface area contributed by atoms with Crippen LogP contribution in [-0.4, -0.2) is 20.2 Å². The summed E-state index contributed by atoms with van der Waals surface area (Å²) in [6.45, 7) is 4.95. The third-order valence-corrected chi connectivity index (χ3v) is 3.27. The summed E-state index contributed by atoms with van der Waals surface area (Å²) in [7, 11) is -3.88. The maximum Gasteiger partial charge on any atom is 0.416 e. The Hall–Kier alpha value is -1.41. The molecule has 0 bridgehead atoms. The Morgan fingerprint density at radius 3 is 2.00 bits per heavy atom. The molecule has 1 aromatic carbocycles. The number of nitrogens with zero attached hydrogens (tertiary/aromatic N) is 1. The van der Waals surface area contributed by atoms with E-state index in [2.05, 4.69) is 9.12 Å². The highest BCUT2D eigenvalue weighted by Gasteiger charge is 2.29. The van der Waals surface area contributed by atoms with Crippen LogP contribution >= 0.6 is 0 Å². The van der Waals surface area contributed by atoms with Crippen LogP contribution in [0.4, 0.5) is 13.2 Å². The van der Waals surface area contributed by atoms with Crippen LogP contribution in [0.25, 0.3) is 0 Å². The monoisotopic (exact) mass is 308 g/mol. The molecule has 0 aromatic heterocycles. The van der Waals surface area contributed by atoms with Crippen molar-refractivity contribution < 1.29 is 21.6 Å². The molecular weight excluding hydrogens is 293 g/mol. The number of halogens is 3. The van der Waals surface area contributed by atoms with Crippen molar-refractivity contribution in [1.29, 1.82) is 0 Å². The standard InChI is InChI=1S/C12H15F3N2O2S/c1-11(2,3)17-20(18,19)16-8-9-4-6-10(7-5-9)12(13,14)15/h4-8,17H,1-3H3/b16-8+. The molecule has 0 heterocycles. The fraction of sp³-hybridized carbons (Fsp3) is 0.417. The number of rotatable bonds is 3. The molecule has 0 amide bonds. The van der Waals surface area contributed by atoms with Gasteiger partial charge in [0.2, 0.25) is 0 Å². The Morgan fingerprint density at radius 2 is 1.60 bits per heavy atom. The van der Waals surface area contributed by atoms with Gasteiger partial charge in [-0.2, -0.15) is 30.7 Å². The summed E-state index contributed by atoms with van der Waals surface area (Å²) in [4.78, 5) is 0. The Kier molecular flexibility index (Phi) is 4.60. The summed E-state index contributed by atoms with van der Waals surface area (Å²) >= 11 is 0. The van der Waals surface area contributed by atoms with Crippen molar-refractivity contribution in [2.75, 3.05) is 0 Å². The summed E-state index contributed by atoms with van der Waals surface area (Å²) < 4.78 is 65.8. The summed E-state index contributed by atoms with van der Waals surface area (Å²) in [6.07, 6.45) is -3.43. The zero-order valence-corrected chi connectivity index (χ0v) is 12.0. The first-order valence-corrected chi connectivity index (χ1v) is 7.10. The number of hydrogen-bond donors (Lipinski definition) is 1. The predicted molar refractivity (Wildman–Crippen MR) is 70.8 cm³/mol. The lowest BCUT2D eigenvalue weighted by molar-refractivity contribution is -0.137. The van der Waals surface area contributed by atoms with E-state index >= 15 is 0 Å². The average molecular weight is 308 g/mol. The smallest absolute Gasteiger partial charge is 0.191 e. The predicted octanol–water partition coefficient (Wildman–Crippen LogP) is 2.76. The van der Waals surface area contributed by atoms with Gasteiger partial charge in [0.05, 0.1) is 5.56 Å². The Balaban J connectivity index is 2.87. The van der Waals surface area contributed by atoms with Crippen molar-refractivity contribution >= 4 is 16.4 Å². The van der Waals surface area contributed by atoms with E-state index in [1.807, 2.05) is 0 Å². The molecule has 0 spiro atoms. The molecule has 1 rings (SSSR count). The second-order valence-corrected chi connectivity index (χ2v) is 6.55. The third-order valence-electron chi connectivity index (χ3n) is 2.01. The fourth-order valence-corrected chi connectivity index (χ4v) is 2.39. The van der Waals surface area contributed by atoms with Gasteiger partial charge >= 0.3 is 16.4 Å². The second-order valence-electron chi connectivity index (χ2n) is 5.18. The maximum absolute atomic E-state index is 12.3. The molecule has 0 fully saturated rings. The first-order chi connectivity index (χ1) is 8.89. The van der Waals surface area contributed by atoms with E-state index < -0.39 is 27.5 Å². The van der Waals surface area contributed by atoms with Gasteiger partial charge in [-0.25, -0.2) is 0 Å². The molecule has 0 atom stereocenters. The molecule has 1 aromatic rings. The SMILES string of the molecule is CC(C)(C)NS(=O)(=O)/N=C/c1ccc(C(F)(F)F)cc1. The van der Waals surface area contributed by atoms with Gasteiger partial charge in [0.15, 0.2) is 0 Å². The minimum Gasteiger partial charge on any atom is -0.191 e. The van der Waals surface area contributed by atoms with Gasteiger partial charge in [-0.1, -0.05) is 12.1 Å². The molecule has 0 aliphatic carbocycles. The van der Waals surface area contributed by atoms with E-state index in [9.17, 15) is 21.6 Å². The number of benzene rings is 1. The van der Waals surface area contributed by atoms with E-state index in [4.69, 9.17) is 0 Å². The molecule has 0 aliphatic heterocycles. The minimum absolute atomic E-state index is 0.261. The summed E-state index contributed by atoms with van der Waals surface area (Å²) in [5.41, 5.74) is -1.22. The summed E-state index contributed by atoms with van der Waals surface area (Å²) in [5, 5.41) is 0. The van der Waals surface area contributed by atoms with Gasteiger partial charge in [-0.3, -0.25) is 0 Å². The third kappa shape index (κ3) is 5.70. The number of alkyl halides is 3. The van der Waals surface area contributed by atoms with E-state index in [1.54, 1.807) is 20.8 Å². The first kappa shape index (κ1) is 16.6. The van der Waals surface area contributed by atoms with Crippen LogP contribution in [0.5, 0.6) is 0 Å². The first-order valence-electron chi connectivity index (χ1n) is 5.66. The van der Waals surface area contributed by atoms with E-state index in [0.717, 1.165) is 30.5 Å². The zero-order valence-electron chi connectivity index (χ0n) is 11.2. The molecular formula is C12H15F3N2O2S. The van der Waals surface area contributed by atoms with Gasteiger partial charge in [0.1, 0.15) is 0 Å². The normalized spacial score (nSPS) is 13.9. The van der Waals surface area contributed by atoms with Crippen LogP contribution in [0.1, 0.15) is 31.9 Å². The highest BCUT2D eigenvalue weighted by Crippen LogP contribution is 2.28. The molecule has 0 radical (unpaired) electrons. The second kappa shape index (κ2) is 5.53. The average Bonchev–Trinajstić information content (AvgIpc) is 2.22. The van der Waals surface area contributed by atoms with Crippen LogP contribution in [-0.2, 0) is 16.4 Å². The van der Waals surface area contributed by atoms with Gasteiger partial charge < -0.3 is 0 Å². The van der Waals surface area contributed by atoms with Crippen molar-refractivity contribution in [2.45, 2.75) is 32.5 Å². The molecule has 20 heavy (non-hydrogen) atoms.